The molecule has 1 aromatic carbocycles. The molecule has 24 heavy (non-hydrogen) atoms. The van der Waals surface area contributed by atoms with Gasteiger partial charge in [0.25, 0.3) is 5.91 Å². The summed E-state index contributed by atoms with van der Waals surface area (Å²) in [5, 5.41) is 14.2. The first-order valence-electron chi connectivity index (χ1n) is 7.63. The molecule has 7 heteroatoms. The fourth-order valence-corrected chi connectivity index (χ4v) is 1.71. The Hall–Kier alpha value is -2.75. The summed E-state index contributed by atoms with van der Waals surface area (Å²) in [5.74, 6) is 0.0169. The summed E-state index contributed by atoms with van der Waals surface area (Å²) in [7, 11) is 0. The van der Waals surface area contributed by atoms with Crippen LogP contribution in [-0.2, 0) is 9.53 Å². The summed E-state index contributed by atoms with van der Waals surface area (Å²) < 4.78 is 10.6. The second-order valence-corrected chi connectivity index (χ2v) is 6.09. The van der Waals surface area contributed by atoms with Gasteiger partial charge in [-0.05, 0) is 39.8 Å². The Morgan fingerprint density at radius 3 is 2.46 bits per heavy atom. The van der Waals surface area contributed by atoms with E-state index in [0.29, 0.717) is 11.3 Å². The molecule has 0 spiro atoms. The number of para-hydroxylation sites is 1. The number of ether oxygens (including phenoxy) is 2. The zero-order valence-electron chi connectivity index (χ0n) is 14.4. The van der Waals surface area contributed by atoms with Crippen LogP contribution in [0.4, 0.5) is 4.79 Å². The highest BCUT2D eigenvalue weighted by atomic mass is 16.6. The molecule has 0 saturated heterocycles. The topological polar surface area (TPSA) is 100 Å². The van der Waals surface area contributed by atoms with Gasteiger partial charge in [-0.3, -0.25) is 4.79 Å². The molecule has 7 nitrogen and oxygen atoms in total. The number of benzene rings is 1. The highest BCUT2D eigenvalue weighted by Crippen LogP contribution is 2.18. The molecule has 1 aromatic rings. The van der Waals surface area contributed by atoms with Crippen molar-refractivity contribution in [1.29, 1.82) is 5.26 Å². The first-order chi connectivity index (χ1) is 11.2. The minimum atomic E-state index is -0.763. The summed E-state index contributed by atoms with van der Waals surface area (Å²) in [5.41, 5.74) is -0.201. The number of carbonyl (C=O) groups excluding carboxylic acids is 2. The molecule has 130 valence electrons. The Morgan fingerprint density at radius 2 is 1.83 bits per heavy atom. The van der Waals surface area contributed by atoms with Crippen molar-refractivity contribution in [3.05, 3.63) is 29.8 Å². The molecule has 0 unspecified atom stereocenters. The third kappa shape index (κ3) is 7.01. The number of hydrogen-bond donors (Lipinski definition) is 2. The molecule has 0 aliphatic heterocycles. The van der Waals surface area contributed by atoms with E-state index in [1.807, 2.05) is 6.07 Å². The largest absolute Gasteiger partial charge is 0.480 e. The van der Waals surface area contributed by atoms with Gasteiger partial charge in [0.05, 0.1) is 5.56 Å². The van der Waals surface area contributed by atoms with E-state index in [1.54, 1.807) is 52.0 Å². The number of nitriles is 1. The highest BCUT2D eigenvalue weighted by molar-refractivity contribution is 5.80. The summed E-state index contributed by atoms with van der Waals surface area (Å²) in [6, 6.07) is 8.70. The third-order valence-electron chi connectivity index (χ3n) is 2.77. The van der Waals surface area contributed by atoms with Crippen molar-refractivity contribution in [1.82, 2.24) is 10.6 Å². The number of nitrogens with zero attached hydrogens (tertiary/aromatic N) is 1. The number of nitrogens with one attached hydrogen (secondary N) is 2. The number of rotatable bonds is 6. The van der Waals surface area contributed by atoms with Crippen molar-refractivity contribution in [2.24, 2.45) is 0 Å². The second kappa shape index (κ2) is 8.77. The van der Waals surface area contributed by atoms with Crippen LogP contribution in [0.15, 0.2) is 24.3 Å². The van der Waals surface area contributed by atoms with Gasteiger partial charge in [0.1, 0.15) is 17.4 Å². The zero-order valence-corrected chi connectivity index (χ0v) is 14.4. The molecular weight excluding hydrogens is 310 g/mol. The predicted octanol–water partition coefficient (Wildman–Crippen LogP) is 1.97. The van der Waals surface area contributed by atoms with Crippen LogP contribution in [0, 0.1) is 11.3 Å². The minimum absolute atomic E-state index is 0.238. The Balaban J connectivity index is 2.35. The van der Waals surface area contributed by atoms with E-state index < -0.39 is 17.8 Å². The van der Waals surface area contributed by atoms with Crippen LogP contribution in [-0.4, -0.2) is 36.8 Å². The lowest BCUT2D eigenvalue weighted by atomic mass is 10.2. The van der Waals surface area contributed by atoms with E-state index >= 15 is 0 Å². The van der Waals surface area contributed by atoms with Crippen molar-refractivity contribution in [3.63, 3.8) is 0 Å². The average Bonchev–Trinajstić information content (AvgIpc) is 2.50. The van der Waals surface area contributed by atoms with Crippen LogP contribution < -0.4 is 15.4 Å². The van der Waals surface area contributed by atoms with Gasteiger partial charge >= 0.3 is 6.09 Å². The van der Waals surface area contributed by atoms with Crippen LogP contribution in [0.1, 0.15) is 33.3 Å². The normalized spacial score (nSPS) is 11.8. The van der Waals surface area contributed by atoms with E-state index in [-0.39, 0.29) is 19.0 Å². The zero-order chi connectivity index (χ0) is 18.2. The van der Waals surface area contributed by atoms with Gasteiger partial charge in [0.15, 0.2) is 6.10 Å². The summed E-state index contributed by atoms with van der Waals surface area (Å²) >= 11 is 0. The molecule has 1 rings (SSSR count). The van der Waals surface area contributed by atoms with E-state index in [4.69, 9.17) is 14.7 Å². The van der Waals surface area contributed by atoms with Crippen LogP contribution in [0.2, 0.25) is 0 Å². The molecule has 0 heterocycles. The molecule has 0 bridgehead atoms. The van der Waals surface area contributed by atoms with Gasteiger partial charge in [-0.25, -0.2) is 4.79 Å². The van der Waals surface area contributed by atoms with Gasteiger partial charge in [-0.15, -0.1) is 0 Å². The van der Waals surface area contributed by atoms with Gasteiger partial charge in [-0.1, -0.05) is 12.1 Å². The van der Waals surface area contributed by atoms with E-state index in [1.165, 1.54) is 0 Å². The molecule has 0 saturated carbocycles. The predicted molar refractivity (Wildman–Crippen MR) is 88.5 cm³/mol. The second-order valence-electron chi connectivity index (χ2n) is 6.09. The van der Waals surface area contributed by atoms with Crippen LogP contribution in [0.25, 0.3) is 0 Å². The first-order valence-corrected chi connectivity index (χ1v) is 7.63. The molecule has 2 amide bonds. The molecular formula is C17H23N3O4. The van der Waals surface area contributed by atoms with E-state index in [2.05, 4.69) is 10.6 Å². The van der Waals surface area contributed by atoms with Crippen molar-refractivity contribution < 1.29 is 19.1 Å². The van der Waals surface area contributed by atoms with Crippen molar-refractivity contribution in [3.8, 4) is 11.8 Å². The number of hydrogen-bond acceptors (Lipinski definition) is 5. The van der Waals surface area contributed by atoms with Crippen LogP contribution >= 0.6 is 0 Å². The van der Waals surface area contributed by atoms with Crippen LogP contribution in [0.5, 0.6) is 5.75 Å². The Bertz CT molecular complexity index is 617. The summed E-state index contributed by atoms with van der Waals surface area (Å²) in [4.78, 5) is 23.4. The molecule has 0 fully saturated rings. The fraction of sp³-hybridized carbons (Fsp3) is 0.471. The average molecular weight is 333 g/mol. The Labute approximate surface area is 141 Å². The van der Waals surface area contributed by atoms with Crippen molar-refractivity contribution >= 4 is 12.0 Å². The van der Waals surface area contributed by atoms with E-state index in [0.717, 1.165) is 0 Å². The monoisotopic (exact) mass is 333 g/mol. The Morgan fingerprint density at radius 1 is 1.21 bits per heavy atom. The van der Waals surface area contributed by atoms with Gasteiger partial charge in [0.2, 0.25) is 0 Å². The smallest absolute Gasteiger partial charge is 0.407 e. The molecule has 0 aliphatic rings. The summed E-state index contributed by atoms with van der Waals surface area (Å²) in [6.07, 6.45) is -1.30. The quantitative estimate of drug-likeness (QED) is 0.775. The van der Waals surface area contributed by atoms with Crippen molar-refractivity contribution in [2.45, 2.75) is 39.4 Å². The third-order valence-corrected chi connectivity index (χ3v) is 2.77. The Kier molecular flexibility index (Phi) is 7.05. The van der Waals surface area contributed by atoms with Gasteiger partial charge in [0, 0.05) is 13.1 Å². The fourth-order valence-electron chi connectivity index (χ4n) is 1.71. The molecule has 2 N–H and O–H groups in total. The van der Waals surface area contributed by atoms with Gasteiger partial charge < -0.3 is 20.1 Å². The SMILES string of the molecule is C[C@H](Oc1ccccc1C#N)C(=O)NCCNC(=O)OC(C)(C)C. The molecule has 1 atom stereocenters. The molecule has 0 radical (unpaired) electrons. The lowest BCUT2D eigenvalue weighted by Gasteiger charge is -2.20. The number of alkyl carbamates (subject to hydrolysis) is 1. The summed E-state index contributed by atoms with van der Waals surface area (Å²) in [6.45, 7) is 7.38. The van der Waals surface area contributed by atoms with Crippen molar-refractivity contribution in [2.75, 3.05) is 13.1 Å². The standard InChI is InChI=1S/C17H23N3O4/c1-12(23-14-8-6-5-7-13(14)11-18)15(21)19-9-10-20-16(22)24-17(2,3)4/h5-8,12H,9-10H2,1-4H3,(H,19,21)(H,20,22)/t12-/m0/s1. The van der Waals surface area contributed by atoms with E-state index in [9.17, 15) is 9.59 Å². The maximum Gasteiger partial charge on any atom is 0.407 e. The minimum Gasteiger partial charge on any atom is -0.480 e. The number of carbonyl (C=O) groups is 2. The number of amides is 2. The maximum absolute atomic E-state index is 12.0. The lowest BCUT2D eigenvalue weighted by Crippen LogP contribution is -2.41. The maximum atomic E-state index is 12.0. The van der Waals surface area contributed by atoms with Gasteiger partial charge in [-0.2, -0.15) is 5.26 Å². The lowest BCUT2D eigenvalue weighted by molar-refractivity contribution is -0.127. The highest BCUT2D eigenvalue weighted by Gasteiger charge is 2.17. The molecule has 0 aliphatic carbocycles. The molecule has 0 aromatic heterocycles. The van der Waals surface area contributed by atoms with Crippen LogP contribution in [0.3, 0.4) is 0 Å². The first kappa shape index (κ1) is 19.3.